The van der Waals surface area contributed by atoms with Gasteiger partial charge in [0.25, 0.3) is 0 Å². The smallest absolute Gasteiger partial charge is 0.00670 e. The Bertz CT molecular complexity index is 95.2. The van der Waals surface area contributed by atoms with Gasteiger partial charge in [-0.3, -0.25) is 0 Å². The molecule has 1 fully saturated rings. The molecule has 0 unspecified atom stereocenters. The topological polar surface area (TPSA) is 12.0 Å². The number of hydrogen-bond acceptors (Lipinski definition) is 1. The highest BCUT2D eigenvalue weighted by atomic mass is 14.9. The van der Waals surface area contributed by atoms with Gasteiger partial charge in [-0.1, -0.05) is 39.0 Å². The van der Waals surface area contributed by atoms with Crippen molar-refractivity contribution in [2.24, 2.45) is 0 Å². The van der Waals surface area contributed by atoms with Crippen LogP contribution in [0.1, 0.15) is 58.3 Å². The van der Waals surface area contributed by atoms with Gasteiger partial charge in [-0.15, -0.1) is 0 Å². The van der Waals surface area contributed by atoms with E-state index < -0.39 is 0 Å². The van der Waals surface area contributed by atoms with Crippen molar-refractivity contribution >= 4 is 0 Å². The van der Waals surface area contributed by atoms with E-state index >= 15 is 0 Å². The minimum Gasteiger partial charge on any atom is -0.314 e. The average molecular weight is 169 g/mol. The van der Waals surface area contributed by atoms with Gasteiger partial charge in [0.05, 0.1) is 0 Å². The second-order valence-electron chi connectivity index (χ2n) is 4.00. The molecule has 1 N–H and O–H groups in total. The molecule has 0 amide bonds. The van der Waals surface area contributed by atoms with Gasteiger partial charge >= 0.3 is 0 Å². The molecule has 0 aliphatic carbocycles. The van der Waals surface area contributed by atoms with Crippen LogP contribution in [0.3, 0.4) is 0 Å². The van der Waals surface area contributed by atoms with E-state index in [1.54, 1.807) is 0 Å². The lowest BCUT2D eigenvalue weighted by molar-refractivity contribution is 0.371. The summed E-state index contributed by atoms with van der Waals surface area (Å²) in [5.41, 5.74) is 0. The Hall–Kier alpha value is -0.0400. The molecule has 1 aliphatic rings. The van der Waals surface area contributed by atoms with Crippen molar-refractivity contribution < 1.29 is 0 Å². The predicted molar refractivity (Wildman–Crippen MR) is 54.4 cm³/mol. The van der Waals surface area contributed by atoms with E-state index in [-0.39, 0.29) is 0 Å². The minimum atomic E-state index is 0.857. The van der Waals surface area contributed by atoms with E-state index in [1.165, 1.54) is 57.9 Å². The number of rotatable bonds is 5. The summed E-state index contributed by atoms with van der Waals surface area (Å²) in [7, 11) is 0. The Balaban J connectivity index is 1.91. The van der Waals surface area contributed by atoms with Crippen LogP contribution in [0.5, 0.6) is 0 Å². The third kappa shape index (κ3) is 4.10. The van der Waals surface area contributed by atoms with Gasteiger partial charge in [-0.05, 0) is 25.8 Å². The van der Waals surface area contributed by atoms with E-state index in [1.807, 2.05) is 0 Å². The van der Waals surface area contributed by atoms with Crippen LogP contribution in [0.2, 0.25) is 0 Å². The molecule has 1 nitrogen and oxygen atoms in total. The number of piperidine rings is 1. The normalized spacial score (nSPS) is 24.2. The molecule has 1 rings (SSSR count). The molecule has 0 saturated carbocycles. The summed E-state index contributed by atoms with van der Waals surface area (Å²) in [5.74, 6) is 0. The monoisotopic (exact) mass is 169 g/mol. The third-order valence-electron chi connectivity index (χ3n) is 2.82. The van der Waals surface area contributed by atoms with Crippen LogP contribution in [0.25, 0.3) is 0 Å². The first-order valence-electron chi connectivity index (χ1n) is 5.67. The van der Waals surface area contributed by atoms with Crippen molar-refractivity contribution in [3.8, 4) is 0 Å². The van der Waals surface area contributed by atoms with Crippen LogP contribution < -0.4 is 5.32 Å². The number of nitrogens with one attached hydrogen (secondary N) is 1. The maximum absolute atomic E-state index is 3.60. The molecule has 72 valence electrons. The first-order valence-corrected chi connectivity index (χ1v) is 5.67. The van der Waals surface area contributed by atoms with Crippen LogP contribution in [0, 0.1) is 0 Å². The van der Waals surface area contributed by atoms with Gasteiger partial charge < -0.3 is 5.32 Å². The van der Waals surface area contributed by atoms with Gasteiger partial charge in [0, 0.05) is 6.04 Å². The maximum atomic E-state index is 3.60. The summed E-state index contributed by atoms with van der Waals surface area (Å²) in [6.07, 6.45) is 11.3. The molecule has 0 aromatic rings. The van der Waals surface area contributed by atoms with Crippen LogP contribution >= 0.6 is 0 Å². The Morgan fingerprint density at radius 2 is 2.08 bits per heavy atom. The van der Waals surface area contributed by atoms with E-state index in [0.717, 1.165) is 6.04 Å². The predicted octanol–water partition coefficient (Wildman–Crippen LogP) is 3.10. The summed E-state index contributed by atoms with van der Waals surface area (Å²) < 4.78 is 0. The van der Waals surface area contributed by atoms with Gasteiger partial charge in [-0.25, -0.2) is 0 Å². The zero-order valence-electron chi connectivity index (χ0n) is 8.44. The van der Waals surface area contributed by atoms with Crippen molar-refractivity contribution in [1.29, 1.82) is 0 Å². The Morgan fingerprint density at radius 3 is 2.75 bits per heavy atom. The van der Waals surface area contributed by atoms with Gasteiger partial charge in [0.2, 0.25) is 0 Å². The third-order valence-corrected chi connectivity index (χ3v) is 2.82. The molecular weight excluding hydrogens is 146 g/mol. The van der Waals surface area contributed by atoms with Crippen LogP contribution in [0.4, 0.5) is 0 Å². The zero-order valence-corrected chi connectivity index (χ0v) is 8.44. The molecule has 1 heteroatoms. The van der Waals surface area contributed by atoms with E-state index in [0.29, 0.717) is 0 Å². The standard InChI is InChI=1S/C11H23N/c1-2-3-4-5-8-11-9-6-7-10-12-11/h11-12H,2-10H2,1H3/t11-/m1/s1. The molecule has 0 bridgehead atoms. The fourth-order valence-corrected chi connectivity index (χ4v) is 1.99. The first kappa shape index (κ1) is 10.0. The summed E-state index contributed by atoms with van der Waals surface area (Å²) in [6.45, 7) is 3.54. The Morgan fingerprint density at radius 1 is 1.17 bits per heavy atom. The van der Waals surface area contributed by atoms with Gasteiger partial charge in [-0.2, -0.15) is 0 Å². The molecule has 0 aromatic heterocycles. The summed E-state index contributed by atoms with van der Waals surface area (Å²) >= 11 is 0. The number of unbranched alkanes of at least 4 members (excludes halogenated alkanes) is 3. The molecule has 0 radical (unpaired) electrons. The van der Waals surface area contributed by atoms with Crippen molar-refractivity contribution in [3.63, 3.8) is 0 Å². The fraction of sp³-hybridized carbons (Fsp3) is 1.00. The van der Waals surface area contributed by atoms with Gasteiger partial charge in [0.15, 0.2) is 0 Å². The molecular formula is C11H23N. The van der Waals surface area contributed by atoms with Crippen LogP contribution in [-0.4, -0.2) is 12.6 Å². The highest BCUT2D eigenvalue weighted by Gasteiger charge is 2.10. The Labute approximate surface area is 76.9 Å². The number of hydrogen-bond donors (Lipinski definition) is 1. The highest BCUT2D eigenvalue weighted by molar-refractivity contribution is 4.71. The van der Waals surface area contributed by atoms with Crippen molar-refractivity contribution in [2.45, 2.75) is 64.3 Å². The van der Waals surface area contributed by atoms with Crippen LogP contribution in [-0.2, 0) is 0 Å². The SMILES string of the molecule is CCCCCC[C@@H]1CCCCN1. The summed E-state index contributed by atoms with van der Waals surface area (Å²) in [5, 5.41) is 3.60. The lowest BCUT2D eigenvalue weighted by atomic mass is 9.99. The molecule has 0 spiro atoms. The quantitative estimate of drug-likeness (QED) is 0.624. The minimum absolute atomic E-state index is 0.857. The van der Waals surface area contributed by atoms with E-state index in [2.05, 4.69) is 12.2 Å². The molecule has 1 heterocycles. The fourth-order valence-electron chi connectivity index (χ4n) is 1.99. The molecule has 12 heavy (non-hydrogen) atoms. The molecule has 0 aromatic carbocycles. The molecule has 1 aliphatic heterocycles. The zero-order chi connectivity index (χ0) is 8.65. The molecule has 1 atom stereocenters. The van der Waals surface area contributed by atoms with E-state index in [9.17, 15) is 0 Å². The van der Waals surface area contributed by atoms with Crippen LogP contribution in [0.15, 0.2) is 0 Å². The van der Waals surface area contributed by atoms with Crippen molar-refractivity contribution in [3.05, 3.63) is 0 Å². The second-order valence-corrected chi connectivity index (χ2v) is 4.00. The van der Waals surface area contributed by atoms with Crippen molar-refractivity contribution in [2.75, 3.05) is 6.54 Å². The van der Waals surface area contributed by atoms with Crippen molar-refractivity contribution in [1.82, 2.24) is 5.32 Å². The lowest BCUT2D eigenvalue weighted by Gasteiger charge is -2.23. The largest absolute Gasteiger partial charge is 0.314 e. The Kier molecular flexibility index (Phi) is 5.42. The molecule has 1 saturated heterocycles. The van der Waals surface area contributed by atoms with Gasteiger partial charge in [0.1, 0.15) is 0 Å². The summed E-state index contributed by atoms with van der Waals surface area (Å²) in [4.78, 5) is 0. The summed E-state index contributed by atoms with van der Waals surface area (Å²) in [6, 6.07) is 0.857. The first-order chi connectivity index (χ1) is 5.93. The highest BCUT2D eigenvalue weighted by Crippen LogP contribution is 2.13. The maximum Gasteiger partial charge on any atom is 0.00670 e. The average Bonchev–Trinajstić information content (AvgIpc) is 2.14. The lowest BCUT2D eigenvalue weighted by Crippen LogP contribution is -2.33. The second kappa shape index (κ2) is 6.47. The van der Waals surface area contributed by atoms with E-state index in [4.69, 9.17) is 0 Å².